The summed E-state index contributed by atoms with van der Waals surface area (Å²) in [5.74, 6) is 0. The Morgan fingerprint density at radius 2 is 0.783 bits per heavy atom. The molecule has 0 saturated carbocycles. The van der Waals surface area contributed by atoms with Crippen molar-refractivity contribution in [1.82, 2.24) is 4.57 Å². The summed E-state index contributed by atoms with van der Waals surface area (Å²) in [5, 5.41) is 12.1. The molecule has 0 bridgehead atoms. The molecule has 0 aliphatic heterocycles. The molecule has 2 aromatic heterocycles. The summed E-state index contributed by atoms with van der Waals surface area (Å²) in [7, 11) is 0. The Morgan fingerprint density at radius 1 is 0.290 bits per heavy atom. The van der Waals surface area contributed by atoms with E-state index in [1.807, 2.05) is 0 Å². The van der Waals surface area contributed by atoms with Crippen molar-refractivity contribution in [2.45, 2.75) is 0 Å². The van der Waals surface area contributed by atoms with Gasteiger partial charge in [0.2, 0.25) is 0 Å². The Kier molecular flexibility index (Phi) is 8.90. The molecule has 2 heterocycles. The maximum Gasteiger partial charge on any atom is 0.143 e. The highest BCUT2D eigenvalue weighted by Gasteiger charge is 2.19. The maximum atomic E-state index is 6.59. The van der Waals surface area contributed by atoms with Crippen molar-refractivity contribution in [3.05, 3.63) is 255 Å². The molecule has 322 valence electrons. The number of nitrogens with zero attached hydrogens (tertiary/aromatic N) is 2. The van der Waals surface area contributed by atoms with Crippen LogP contribution in [0.4, 0.5) is 17.1 Å². The van der Waals surface area contributed by atoms with E-state index in [1.54, 1.807) is 0 Å². The van der Waals surface area contributed by atoms with Gasteiger partial charge in [-0.3, -0.25) is 0 Å². The molecule has 0 aliphatic carbocycles. The quantitative estimate of drug-likeness (QED) is 0.149. The monoisotopic (exact) mass is 878 g/mol. The van der Waals surface area contributed by atoms with E-state index in [1.165, 1.54) is 65.4 Å². The molecule has 0 atom stereocenters. The minimum atomic E-state index is 0.892. The molecule has 14 rings (SSSR count). The number of hydrogen-bond acceptors (Lipinski definition) is 2. The van der Waals surface area contributed by atoms with Gasteiger partial charge in [0.1, 0.15) is 11.2 Å². The second-order valence-electron chi connectivity index (χ2n) is 18.0. The van der Waals surface area contributed by atoms with Gasteiger partial charge in [-0.15, -0.1) is 0 Å². The lowest BCUT2D eigenvalue weighted by molar-refractivity contribution is 0.673. The number of hydrogen-bond donors (Lipinski definition) is 0. The van der Waals surface area contributed by atoms with Crippen LogP contribution in [0, 0.1) is 0 Å². The number of para-hydroxylation sites is 3. The predicted molar refractivity (Wildman–Crippen MR) is 292 cm³/mol. The van der Waals surface area contributed by atoms with Crippen molar-refractivity contribution < 1.29 is 4.42 Å². The van der Waals surface area contributed by atoms with Crippen LogP contribution in [-0.2, 0) is 0 Å². The van der Waals surface area contributed by atoms with Crippen molar-refractivity contribution in [3.8, 4) is 39.1 Å². The highest BCUT2D eigenvalue weighted by atomic mass is 16.3. The second kappa shape index (κ2) is 15.7. The first-order valence-electron chi connectivity index (χ1n) is 23.7. The molecule has 0 saturated heterocycles. The Hall–Kier alpha value is -9.18. The normalized spacial score (nSPS) is 11.8. The molecule has 12 aromatic carbocycles. The van der Waals surface area contributed by atoms with Crippen LogP contribution < -0.4 is 4.90 Å². The van der Waals surface area contributed by atoms with Crippen LogP contribution >= 0.6 is 0 Å². The van der Waals surface area contributed by atoms with Gasteiger partial charge in [0.05, 0.1) is 16.7 Å². The molecule has 3 nitrogen and oxygen atoms in total. The van der Waals surface area contributed by atoms with E-state index in [9.17, 15) is 0 Å². The Balaban J connectivity index is 0.868. The van der Waals surface area contributed by atoms with Crippen molar-refractivity contribution in [3.63, 3.8) is 0 Å². The predicted octanol–water partition coefficient (Wildman–Crippen LogP) is 18.6. The molecule has 69 heavy (non-hydrogen) atoms. The van der Waals surface area contributed by atoms with Gasteiger partial charge in [-0.05, 0) is 134 Å². The van der Waals surface area contributed by atoms with Crippen LogP contribution in [0.1, 0.15) is 0 Å². The topological polar surface area (TPSA) is 21.3 Å². The van der Waals surface area contributed by atoms with Gasteiger partial charge in [0.25, 0.3) is 0 Å². The maximum absolute atomic E-state index is 6.59. The minimum absolute atomic E-state index is 0.892. The van der Waals surface area contributed by atoms with Gasteiger partial charge in [0, 0.05) is 49.6 Å². The fourth-order valence-corrected chi connectivity index (χ4v) is 10.9. The molecule has 14 aromatic rings. The number of fused-ring (bicyclic) bond motifs is 11. The molecule has 0 spiro atoms. The van der Waals surface area contributed by atoms with Crippen LogP contribution in [0.5, 0.6) is 0 Å². The van der Waals surface area contributed by atoms with Crippen LogP contribution in [0.2, 0.25) is 0 Å². The molecule has 0 radical (unpaired) electrons. The van der Waals surface area contributed by atoms with Crippen molar-refractivity contribution in [1.29, 1.82) is 0 Å². The van der Waals surface area contributed by atoms with Gasteiger partial charge >= 0.3 is 0 Å². The molecule has 0 amide bonds. The molecule has 0 aliphatic rings. The van der Waals surface area contributed by atoms with Gasteiger partial charge in [-0.25, -0.2) is 0 Å². The zero-order valence-corrected chi connectivity index (χ0v) is 37.6. The fraction of sp³-hybridized carbons (Fsp3) is 0. The summed E-state index contributed by atoms with van der Waals surface area (Å²) >= 11 is 0. The number of benzene rings is 12. The van der Waals surface area contributed by atoms with Crippen LogP contribution in [0.15, 0.2) is 259 Å². The Morgan fingerprint density at radius 3 is 1.46 bits per heavy atom. The average Bonchev–Trinajstić information content (AvgIpc) is 3.97. The Bertz CT molecular complexity index is 4240. The van der Waals surface area contributed by atoms with Gasteiger partial charge in [-0.2, -0.15) is 0 Å². The first kappa shape index (κ1) is 39.0. The van der Waals surface area contributed by atoms with E-state index in [0.29, 0.717) is 0 Å². The number of aromatic nitrogens is 1. The van der Waals surface area contributed by atoms with E-state index >= 15 is 0 Å². The third kappa shape index (κ3) is 6.36. The van der Waals surface area contributed by atoms with Crippen LogP contribution in [0.25, 0.3) is 115 Å². The Labute approximate surface area is 399 Å². The third-order valence-electron chi connectivity index (χ3n) is 14.2. The minimum Gasteiger partial charge on any atom is -0.455 e. The molecule has 0 unspecified atom stereocenters. The molecule has 3 heteroatoms. The van der Waals surface area contributed by atoms with Crippen LogP contribution in [-0.4, -0.2) is 4.57 Å². The van der Waals surface area contributed by atoms with Crippen molar-refractivity contribution in [2.75, 3.05) is 4.90 Å². The number of furan rings is 1. The first-order chi connectivity index (χ1) is 34.2. The first-order valence-corrected chi connectivity index (χ1v) is 23.7. The SMILES string of the molecule is c1ccc(-n2c3ccccc3c3ccccc32)c(-c2ccc(N(c3ccc(-c4ccc5c(c4)oc4c6ccccc6ccc54)cc3)c3ccc(-c4cc5ccccc5c5ccccc45)cc3)cc2)c1. The van der Waals surface area contributed by atoms with Gasteiger partial charge in [0.15, 0.2) is 0 Å². The summed E-state index contributed by atoms with van der Waals surface area (Å²) in [4.78, 5) is 2.36. The molecular formula is C66H42N2O. The zero-order chi connectivity index (χ0) is 45.4. The highest BCUT2D eigenvalue weighted by Crippen LogP contribution is 2.42. The lowest BCUT2D eigenvalue weighted by Gasteiger charge is -2.26. The standard InChI is InChI=1S/C66H42N2O/c1-4-17-54-44(13-1)31-40-60-59-39-32-47(42-65(59)69-66(54)60)43-25-33-49(34-26-43)67(51-37-29-46(30-38-51)61-41-48-14-2-3-15-52(48)55-18-5-6-19-56(55)61)50-35-27-45(28-36-50)53-16-7-10-22-62(53)68-63-23-11-8-20-57(63)58-21-9-12-24-64(58)68/h1-42H. The number of anilines is 3. The summed E-state index contributed by atoms with van der Waals surface area (Å²) in [5.41, 5.74) is 15.6. The average molecular weight is 879 g/mol. The lowest BCUT2D eigenvalue weighted by atomic mass is 9.93. The van der Waals surface area contributed by atoms with E-state index in [4.69, 9.17) is 4.42 Å². The highest BCUT2D eigenvalue weighted by molar-refractivity contribution is 6.16. The van der Waals surface area contributed by atoms with Gasteiger partial charge < -0.3 is 13.9 Å². The van der Waals surface area contributed by atoms with E-state index in [0.717, 1.165) is 66.8 Å². The van der Waals surface area contributed by atoms with Crippen molar-refractivity contribution >= 4 is 93.1 Å². The smallest absolute Gasteiger partial charge is 0.143 e. The largest absolute Gasteiger partial charge is 0.455 e. The van der Waals surface area contributed by atoms with Crippen molar-refractivity contribution in [2.24, 2.45) is 0 Å². The number of rotatable bonds is 7. The summed E-state index contributed by atoms with van der Waals surface area (Å²) in [6.45, 7) is 0. The second-order valence-corrected chi connectivity index (χ2v) is 18.0. The molecular weight excluding hydrogens is 837 g/mol. The lowest BCUT2D eigenvalue weighted by Crippen LogP contribution is -2.09. The fourth-order valence-electron chi connectivity index (χ4n) is 10.9. The summed E-state index contributed by atoms with van der Waals surface area (Å²) < 4.78 is 9.00. The molecule has 0 N–H and O–H groups in total. The van der Waals surface area contributed by atoms with Crippen LogP contribution in [0.3, 0.4) is 0 Å². The van der Waals surface area contributed by atoms with E-state index < -0.39 is 0 Å². The zero-order valence-electron chi connectivity index (χ0n) is 37.6. The summed E-state index contributed by atoms with van der Waals surface area (Å²) in [6.07, 6.45) is 0. The third-order valence-corrected chi connectivity index (χ3v) is 14.2. The summed E-state index contributed by atoms with van der Waals surface area (Å²) in [6, 6.07) is 92.4. The van der Waals surface area contributed by atoms with Gasteiger partial charge in [-0.1, -0.05) is 176 Å². The molecule has 0 fully saturated rings. The van der Waals surface area contributed by atoms with E-state index in [2.05, 4.69) is 264 Å². The van der Waals surface area contributed by atoms with E-state index in [-0.39, 0.29) is 0 Å².